The average molecular weight is 239 g/mol. The monoisotopic (exact) mass is 239 g/mol. The van der Waals surface area contributed by atoms with Crippen LogP contribution >= 0.6 is 11.3 Å². The molecular formula is C11H17N3OS. The molecule has 16 heavy (non-hydrogen) atoms. The third-order valence-electron chi connectivity index (χ3n) is 3.73. The fourth-order valence-electron chi connectivity index (χ4n) is 2.96. The molecule has 2 fully saturated rings. The van der Waals surface area contributed by atoms with Crippen LogP contribution in [0.2, 0.25) is 0 Å². The minimum absolute atomic E-state index is 0.0402. The van der Waals surface area contributed by atoms with E-state index in [0.717, 1.165) is 36.8 Å². The Morgan fingerprint density at radius 1 is 1.50 bits per heavy atom. The molecule has 0 radical (unpaired) electrons. The minimum Gasteiger partial charge on any atom is -0.315 e. The molecule has 0 aliphatic carbocycles. The normalized spacial score (nSPS) is 32.4. The molecule has 5 heteroatoms. The molecule has 0 amide bonds. The summed E-state index contributed by atoms with van der Waals surface area (Å²) in [7, 11) is 0. The average Bonchev–Trinajstić information content (AvgIpc) is 2.94. The molecule has 3 atom stereocenters. The van der Waals surface area contributed by atoms with Crippen molar-refractivity contribution in [2.24, 2.45) is 5.92 Å². The molecule has 2 bridgehead atoms. The third kappa shape index (κ3) is 2.07. The van der Waals surface area contributed by atoms with E-state index in [4.69, 9.17) is 0 Å². The molecule has 1 aromatic heterocycles. The standard InChI is InChI=1S/C11H17N3OS/c15-11-14-9(6-16-11)5-12-4-7-3-8-1-2-10(7)13-8/h6-8,10,12-13H,1-5H2,(H,14,15). The lowest BCUT2D eigenvalue weighted by Gasteiger charge is -2.20. The van der Waals surface area contributed by atoms with Crippen LogP contribution in [0.5, 0.6) is 0 Å². The van der Waals surface area contributed by atoms with E-state index in [0.29, 0.717) is 0 Å². The van der Waals surface area contributed by atoms with Gasteiger partial charge in [0.1, 0.15) is 0 Å². The van der Waals surface area contributed by atoms with Crippen molar-refractivity contribution < 1.29 is 0 Å². The highest BCUT2D eigenvalue weighted by atomic mass is 32.1. The largest absolute Gasteiger partial charge is 0.315 e. The van der Waals surface area contributed by atoms with E-state index in [9.17, 15) is 4.79 Å². The minimum atomic E-state index is 0.0402. The summed E-state index contributed by atoms with van der Waals surface area (Å²) >= 11 is 1.24. The van der Waals surface area contributed by atoms with Gasteiger partial charge in [-0.1, -0.05) is 11.3 Å². The van der Waals surface area contributed by atoms with Crippen LogP contribution < -0.4 is 15.5 Å². The number of thiazole rings is 1. The number of H-pyrrole nitrogens is 1. The van der Waals surface area contributed by atoms with Gasteiger partial charge in [0.25, 0.3) is 0 Å². The number of fused-ring (bicyclic) bond motifs is 2. The first-order valence-electron chi connectivity index (χ1n) is 5.95. The Morgan fingerprint density at radius 3 is 3.06 bits per heavy atom. The van der Waals surface area contributed by atoms with E-state index in [-0.39, 0.29) is 4.87 Å². The fourth-order valence-corrected chi connectivity index (χ4v) is 3.54. The lowest BCUT2D eigenvalue weighted by molar-refractivity contribution is 0.382. The van der Waals surface area contributed by atoms with Gasteiger partial charge in [0.05, 0.1) is 0 Å². The Bertz CT molecular complexity index is 413. The zero-order valence-electron chi connectivity index (χ0n) is 9.16. The zero-order valence-corrected chi connectivity index (χ0v) is 9.98. The van der Waals surface area contributed by atoms with Gasteiger partial charge in [0, 0.05) is 29.7 Å². The second kappa shape index (κ2) is 4.31. The molecule has 88 valence electrons. The van der Waals surface area contributed by atoms with E-state index in [1.54, 1.807) is 0 Å². The Balaban J connectivity index is 1.45. The van der Waals surface area contributed by atoms with Gasteiger partial charge in [-0.25, -0.2) is 0 Å². The van der Waals surface area contributed by atoms with Crippen molar-refractivity contribution in [2.75, 3.05) is 6.54 Å². The van der Waals surface area contributed by atoms with Crippen molar-refractivity contribution >= 4 is 11.3 Å². The van der Waals surface area contributed by atoms with Crippen LogP contribution in [0.25, 0.3) is 0 Å². The van der Waals surface area contributed by atoms with Gasteiger partial charge in [-0.2, -0.15) is 0 Å². The molecule has 0 saturated carbocycles. The van der Waals surface area contributed by atoms with Crippen LogP contribution in [0.1, 0.15) is 25.0 Å². The molecule has 2 aliphatic heterocycles. The van der Waals surface area contributed by atoms with Crippen molar-refractivity contribution in [3.05, 3.63) is 20.7 Å². The number of aromatic nitrogens is 1. The SMILES string of the molecule is O=c1[nH]c(CNCC2CC3CCC2N3)cs1. The Morgan fingerprint density at radius 2 is 2.44 bits per heavy atom. The highest BCUT2D eigenvalue weighted by Crippen LogP contribution is 2.32. The summed E-state index contributed by atoms with van der Waals surface area (Å²) < 4.78 is 0. The van der Waals surface area contributed by atoms with Gasteiger partial charge in [0.2, 0.25) is 0 Å². The summed E-state index contributed by atoms with van der Waals surface area (Å²) in [6.45, 7) is 1.85. The predicted molar refractivity (Wildman–Crippen MR) is 64.7 cm³/mol. The van der Waals surface area contributed by atoms with Crippen molar-refractivity contribution in [3.8, 4) is 0 Å². The first kappa shape index (κ1) is 10.5. The Kier molecular flexibility index (Phi) is 2.83. The fraction of sp³-hybridized carbons (Fsp3) is 0.727. The van der Waals surface area contributed by atoms with E-state index in [2.05, 4.69) is 15.6 Å². The van der Waals surface area contributed by atoms with Gasteiger partial charge >= 0.3 is 4.87 Å². The lowest BCUT2D eigenvalue weighted by atomic mass is 9.89. The molecule has 4 nitrogen and oxygen atoms in total. The van der Waals surface area contributed by atoms with Crippen LogP contribution in [-0.2, 0) is 6.54 Å². The summed E-state index contributed by atoms with van der Waals surface area (Å²) in [5, 5.41) is 8.97. The molecule has 0 aromatic carbocycles. The summed E-state index contributed by atoms with van der Waals surface area (Å²) in [4.78, 5) is 13.8. The van der Waals surface area contributed by atoms with Crippen LogP contribution in [0.3, 0.4) is 0 Å². The first-order valence-corrected chi connectivity index (χ1v) is 6.82. The first-order chi connectivity index (χ1) is 7.81. The van der Waals surface area contributed by atoms with Crippen molar-refractivity contribution in [2.45, 2.75) is 37.9 Å². The van der Waals surface area contributed by atoms with Crippen molar-refractivity contribution in [1.82, 2.24) is 15.6 Å². The van der Waals surface area contributed by atoms with Gasteiger partial charge in [0.15, 0.2) is 0 Å². The molecule has 3 unspecified atom stereocenters. The van der Waals surface area contributed by atoms with Crippen LogP contribution in [0.4, 0.5) is 0 Å². The molecule has 0 spiro atoms. The van der Waals surface area contributed by atoms with Gasteiger partial charge in [-0.3, -0.25) is 4.79 Å². The van der Waals surface area contributed by atoms with Crippen LogP contribution in [0.15, 0.2) is 10.2 Å². The molecule has 3 rings (SSSR count). The molecule has 1 aromatic rings. The smallest absolute Gasteiger partial charge is 0.304 e. The second-order valence-electron chi connectivity index (χ2n) is 4.85. The highest BCUT2D eigenvalue weighted by Gasteiger charge is 2.38. The van der Waals surface area contributed by atoms with E-state index in [1.807, 2.05) is 5.38 Å². The summed E-state index contributed by atoms with van der Waals surface area (Å²) in [6.07, 6.45) is 4.02. The molecule has 2 saturated heterocycles. The molecule has 2 aliphatic rings. The van der Waals surface area contributed by atoms with Gasteiger partial charge in [-0.15, -0.1) is 0 Å². The maximum absolute atomic E-state index is 10.9. The number of hydrogen-bond donors (Lipinski definition) is 3. The van der Waals surface area contributed by atoms with E-state index >= 15 is 0 Å². The molecule has 3 heterocycles. The molecule has 3 N–H and O–H groups in total. The second-order valence-corrected chi connectivity index (χ2v) is 5.69. The maximum atomic E-state index is 10.9. The predicted octanol–water partition coefficient (Wildman–Crippen LogP) is 0.667. The quantitative estimate of drug-likeness (QED) is 0.724. The number of rotatable bonds is 4. The number of nitrogens with one attached hydrogen (secondary N) is 3. The van der Waals surface area contributed by atoms with Crippen molar-refractivity contribution in [3.63, 3.8) is 0 Å². The topological polar surface area (TPSA) is 56.9 Å². The highest BCUT2D eigenvalue weighted by molar-refractivity contribution is 7.07. The lowest BCUT2D eigenvalue weighted by Crippen LogP contribution is -2.31. The Hall–Kier alpha value is -0.650. The van der Waals surface area contributed by atoms with Gasteiger partial charge in [-0.05, 0) is 31.7 Å². The van der Waals surface area contributed by atoms with E-state index < -0.39 is 0 Å². The van der Waals surface area contributed by atoms with Crippen molar-refractivity contribution in [1.29, 1.82) is 0 Å². The van der Waals surface area contributed by atoms with Crippen LogP contribution in [0, 0.1) is 5.92 Å². The van der Waals surface area contributed by atoms with E-state index in [1.165, 1.54) is 30.6 Å². The number of aromatic amines is 1. The summed E-state index contributed by atoms with van der Waals surface area (Å²) in [5.41, 5.74) is 1.01. The Labute approximate surface area is 98.5 Å². The summed E-state index contributed by atoms with van der Waals surface area (Å²) in [5.74, 6) is 0.782. The third-order valence-corrected chi connectivity index (χ3v) is 4.44. The number of hydrogen-bond acceptors (Lipinski definition) is 4. The zero-order chi connectivity index (χ0) is 11.0. The van der Waals surface area contributed by atoms with Crippen LogP contribution in [-0.4, -0.2) is 23.6 Å². The summed E-state index contributed by atoms with van der Waals surface area (Å²) in [6, 6.07) is 1.51. The van der Waals surface area contributed by atoms with Gasteiger partial charge < -0.3 is 15.6 Å². The molecular weight excluding hydrogens is 222 g/mol. The maximum Gasteiger partial charge on any atom is 0.304 e.